The first-order valence-corrected chi connectivity index (χ1v) is 10.8. The third kappa shape index (κ3) is 4.11. The SMILES string of the molecule is O=C(Nc1ccc(Cl)c(S(=O)(=O)N2CCOCC2)c1)c1ccc2ccccc2n1. The van der Waals surface area contributed by atoms with Crippen molar-refractivity contribution in [1.29, 1.82) is 0 Å². The Kier molecular flexibility index (Phi) is 5.51. The fraction of sp³-hybridized carbons (Fsp3) is 0.200. The molecule has 7 nitrogen and oxygen atoms in total. The van der Waals surface area contributed by atoms with Gasteiger partial charge in [-0.1, -0.05) is 35.9 Å². The number of aromatic nitrogens is 1. The number of para-hydroxylation sites is 1. The van der Waals surface area contributed by atoms with Crippen LogP contribution in [0.3, 0.4) is 0 Å². The quantitative estimate of drug-likeness (QED) is 0.685. The molecule has 150 valence electrons. The second kappa shape index (κ2) is 8.08. The lowest BCUT2D eigenvalue weighted by molar-refractivity contribution is 0.0730. The van der Waals surface area contributed by atoms with Gasteiger partial charge in [0.25, 0.3) is 5.91 Å². The molecule has 4 rings (SSSR count). The molecule has 0 saturated carbocycles. The Labute approximate surface area is 173 Å². The Morgan fingerprint density at radius 3 is 2.62 bits per heavy atom. The van der Waals surface area contributed by atoms with Gasteiger partial charge in [0.2, 0.25) is 10.0 Å². The summed E-state index contributed by atoms with van der Waals surface area (Å²) in [7, 11) is -3.79. The largest absolute Gasteiger partial charge is 0.379 e. The molecule has 1 aromatic heterocycles. The zero-order valence-corrected chi connectivity index (χ0v) is 16.9. The van der Waals surface area contributed by atoms with E-state index in [9.17, 15) is 13.2 Å². The number of carbonyl (C=O) groups excluding carboxylic acids is 1. The van der Waals surface area contributed by atoms with Crippen LogP contribution in [0.2, 0.25) is 5.02 Å². The van der Waals surface area contributed by atoms with Gasteiger partial charge in [0.15, 0.2) is 0 Å². The number of morpholine rings is 1. The van der Waals surface area contributed by atoms with Gasteiger partial charge in [0.05, 0.1) is 23.8 Å². The van der Waals surface area contributed by atoms with Gasteiger partial charge < -0.3 is 10.1 Å². The van der Waals surface area contributed by atoms with Crippen molar-refractivity contribution >= 4 is 44.1 Å². The maximum Gasteiger partial charge on any atom is 0.274 e. The molecular weight excluding hydrogens is 414 g/mol. The summed E-state index contributed by atoms with van der Waals surface area (Å²) in [5, 5.41) is 3.72. The number of fused-ring (bicyclic) bond motifs is 1. The molecule has 1 amide bonds. The third-order valence-corrected chi connectivity index (χ3v) is 6.99. The number of hydrogen-bond acceptors (Lipinski definition) is 5. The first-order chi connectivity index (χ1) is 13.9. The molecule has 1 aliphatic rings. The Hall–Kier alpha value is -2.52. The van der Waals surface area contributed by atoms with E-state index in [-0.39, 0.29) is 28.7 Å². The number of halogens is 1. The summed E-state index contributed by atoms with van der Waals surface area (Å²) in [6.07, 6.45) is 0. The Morgan fingerprint density at radius 2 is 1.83 bits per heavy atom. The smallest absolute Gasteiger partial charge is 0.274 e. The number of sulfonamides is 1. The third-order valence-electron chi connectivity index (χ3n) is 4.61. The zero-order chi connectivity index (χ0) is 20.4. The first kappa shape index (κ1) is 19.8. The topological polar surface area (TPSA) is 88.6 Å². The van der Waals surface area contributed by atoms with E-state index in [4.69, 9.17) is 16.3 Å². The summed E-state index contributed by atoms with van der Waals surface area (Å²) in [5.41, 5.74) is 1.25. The highest BCUT2D eigenvalue weighted by Gasteiger charge is 2.28. The fourth-order valence-electron chi connectivity index (χ4n) is 3.09. The predicted molar refractivity (Wildman–Crippen MR) is 111 cm³/mol. The molecule has 1 aliphatic heterocycles. The Morgan fingerprint density at radius 1 is 1.07 bits per heavy atom. The average molecular weight is 432 g/mol. The van der Waals surface area contributed by atoms with Crippen molar-refractivity contribution in [2.24, 2.45) is 0 Å². The molecule has 2 aromatic carbocycles. The molecule has 0 radical (unpaired) electrons. The summed E-state index contributed by atoms with van der Waals surface area (Å²) in [6.45, 7) is 1.19. The van der Waals surface area contributed by atoms with Crippen molar-refractivity contribution in [3.05, 3.63) is 65.3 Å². The van der Waals surface area contributed by atoms with E-state index in [1.54, 1.807) is 12.1 Å². The number of benzene rings is 2. The van der Waals surface area contributed by atoms with Crippen LogP contribution < -0.4 is 5.32 Å². The van der Waals surface area contributed by atoms with E-state index in [1.165, 1.54) is 16.4 Å². The number of ether oxygens (including phenoxy) is 1. The molecule has 29 heavy (non-hydrogen) atoms. The number of nitrogens with zero attached hydrogens (tertiary/aromatic N) is 2. The molecule has 2 heterocycles. The van der Waals surface area contributed by atoms with Gasteiger partial charge in [0, 0.05) is 24.2 Å². The molecule has 1 saturated heterocycles. The normalized spacial score (nSPS) is 15.3. The van der Waals surface area contributed by atoms with E-state index < -0.39 is 15.9 Å². The van der Waals surface area contributed by atoms with E-state index in [2.05, 4.69) is 10.3 Å². The monoisotopic (exact) mass is 431 g/mol. The number of pyridine rings is 1. The molecule has 0 spiro atoms. The molecule has 3 aromatic rings. The minimum atomic E-state index is -3.79. The summed E-state index contributed by atoms with van der Waals surface area (Å²) in [5.74, 6) is -0.437. The van der Waals surface area contributed by atoms with Gasteiger partial charge in [-0.3, -0.25) is 4.79 Å². The number of carbonyl (C=O) groups is 1. The second-order valence-corrected chi connectivity index (χ2v) is 8.82. The molecule has 0 unspecified atom stereocenters. The van der Waals surface area contributed by atoms with Crippen LogP contribution in [0.15, 0.2) is 59.5 Å². The van der Waals surface area contributed by atoms with E-state index in [0.29, 0.717) is 24.4 Å². The Balaban J connectivity index is 1.60. The van der Waals surface area contributed by atoms with Crippen molar-refractivity contribution in [2.45, 2.75) is 4.90 Å². The second-order valence-electron chi connectivity index (χ2n) is 6.50. The minimum absolute atomic E-state index is 0.0506. The lowest BCUT2D eigenvalue weighted by Gasteiger charge is -2.26. The van der Waals surface area contributed by atoms with Crippen LogP contribution in [0.4, 0.5) is 5.69 Å². The summed E-state index contributed by atoms with van der Waals surface area (Å²) in [6, 6.07) is 15.3. The number of rotatable bonds is 4. The predicted octanol–water partition coefficient (Wildman–Crippen LogP) is 3.16. The van der Waals surface area contributed by atoms with Crippen molar-refractivity contribution < 1.29 is 17.9 Å². The summed E-state index contributed by atoms with van der Waals surface area (Å²) < 4.78 is 32.4. The van der Waals surface area contributed by atoms with Crippen molar-refractivity contribution in [1.82, 2.24) is 9.29 Å². The van der Waals surface area contributed by atoms with Crippen LogP contribution in [0.1, 0.15) is 10.5 Å². The zero-order valence-electron chi connectivity index (χ0n) is 15.3. The standard InChI is InChI=1S/C20H18ClN3O4S/c21-16-7-6-15(13-19(16)29(26,27)24-9-11-28-12-10-24)22-20(25)18-8-5-14-3-1-2-4-17(14)23-18/h1-8,13H,9-12H2,(H,22,25). The molecule has 0 aliphatic carbocycles. The first-order valence-electron chi connectivity index (χ1n) is 9.00. The minimum Gasteiger partial charge on any atom is -0.379 e. The van der Waals surface area contributed by atoms with Gasteiger partial charge in [-0.15, -0.1) is 0 Å². The lowest BCUT2D eigenvalue weighted by atomic mass is 10.2. The average Bonchev–Trinajstić information content (AvgIpc) is 2.75. The highest BCUT2D eigenvalue weighted by atomic mass is 35.5. The highest BCUT2D eigenvalue weighted by Crippen LogP contribution is 2.28. The number of amides is 1. The lowest BCUT2D eigenvalue weighted by Crippen LogP contribution is -2.40. The van der Waals surface area contributed by atoms with Gasteiger partial charge in [0.1, 0.15) is 10.6 Å². The van der Waals surface area contributed by atoms with Crippen molar-refractivity contribution in [3.8, 4) is 0 Å². The Bertz CT molecular complexity index is 1180. The van der Waals surface area contributed by atoms with E-state index in [0.717, 1.165) is 5.39 Å². The van der Waals surface area contributed by atoms with Crippen LogP contribution in [0.25, 0.3) is 10.9 Å². The van der Waals surface area contributed by atoms with Crippen LogP contribution in [-0.4, -0.2) is 49.9 Å². The number of anilines is 1. The molecular formula is C20H18ClN3O4S. The molecule has 0 atom stereocenters. The van der Waals surface area contributed by atoms with E-state index >= 15 is 0 Å². The van der Waals surface area contributed by atoms with Gasteiger partial charge in [-0.2, -0.15) is 4.31 Å². The maximum absolute atomic E-state index is 12.9. The van der Waals surface area contributed by atoms with Crippen LogP contribution in [-0.2, 0) is 14.8 Å². The van der Waals surface area contributed by atoms with E-state index in [1.807, 2.05) is 30.3 Å². The maximum atomic E-state index is 12.9. The number of hydrogen-bond donors (Lipinski definition) is 1. The van der Waals surface area contributed by atoms with Crippen molar-refractivity contribution in [3.63, 3.8) is 0 Å². The van der Waals surface area contributed by atoms with Crippen LogP contribution in [0, 0.1) is 0 Å². The molecule has 9 heteroatoms. The summed E-state index contributed by atoms with van der Waals surface area (Å²) in [4.78, 5) is 16.9. The number of nitrogens with one attached hydrogen (secondary N) is 1. The van der Waals surface area contributed by atoms with Gasteiger partial charge in [-0.25, -0.2) is 13.4 Å². The highest BCUT2D eigenvalue weighted by molar-refractivity contribution is 7.89. The molecule has 1 fully saturated rings. The van der Waals surface area contributed by atoms with Gasteiger partial charge >= 0.3 is 0 Å². The fourth-order valence-corrected chi connectivity index (χ4v) is 5.00. The summed E-state index contributed by atoms with van der Waals surface area (Å²) >= 11 is 6.16. The molecule has 0 bridgehead atoms. The van der Waals surface area contributed by atoms with Crippen LogP contribution in [0.5, 0.6) is 0 Å². The molecule has 1 N–H and O–H groups in total. The van der Waals surface area contributed by atoms with Crippen LogP contribution >= 0.6 is 11.6 Å². The van der Waals surface area contributed by atoms with Crippen molar-refractivity contribution in [2.75, 3.05) is 31.6 Å². The van der Waals surface area contributed by atoms with Gasteiger partial charge in [-0.05, 0) is 30.3 Å².